The number of nitrogens with zero attached hydrogens (tertiary/aromatic N) is 2. The van der Waals surface area contributed by atoms with Crippen LogP contribution in [0, 0.1) is 11.2 Å². The summed E-state index contributed by atoms with van der Waals surface area (Å²) >= 11 is 0. The molecular weight excluding hydrogens is 461 g/mol. The minimum atomic E-state index is -0.779. The fourth-order valence-electron chi connectivity index (χ4n) is 6.00. The summed E-state index contributed by atoms with van der Waals surface area (Å²) in [6, 6.07) is 9.07. The number of halogens is 1. The Kier molecular flexibility index (Phi) is 5.82. The summed E-state index contributed by atoms with van der Waals surface area (Å²) in [7, 11) is 3.14. The Bertz CT molecular complexity index is 1470. The molecule has 0 saturated heterocycles. The minimum absolute atomic E-state index is 0.0451. The molecule has 2 aromatic carbocycles. The van der Waals surface area contributed by atoms with Crippen molar-refractivity contribution >= 4 is 27.8 Å². The zero-order valence-electron chi connectivity index (χ0n) is 21.3. The molecule has 0 unspecified atom stereocenters. The second-order valence-corrected chi connectivity index (χ2v) is 10.9. The molecular formula is C28H32FN3O4. The monoisotopic (exact) mass is 493 g/mol. The molecule has 0 aliphatic heterocycles. The lowest BCUT2D eigenvalue weighted by Crippen LogP contribution is -2.29. The van der Waals surface area contributed by atoms with Gasteiger partial charge in [-0.2, -0.15) is 5.10 Å². The van der Waals surface area contributed by atoms with Crippen molar-refractivity contribution in [2.75, 3.05) is 20.8 Å². The molecule has 0 amide bonds. The number of aromatic nitrogens is 3. The van der Waals surface area contributed by atoms with Crippen LogP contribution in [0.15, 0.2) is 36.5 Å². The van der Waals surface area contributed by atoms with E-state index in [0.717, 1.165) is 45.2 Å². The smallest absolute Gasteiger partial charge is 0.309 e. The number of aromatic amines is 1. The lowest BCUT2D eigenvalue weighted by Gasteiger charge is -2.30. The topological polar surface area (TPSA) is 89.4 Å². The first-order chi connectivity index (χ1) is 17.1. The number of hydrogen-bond donors (Lipinski definition) is 2. The largest absolute Gasteiger partial charge is 0.494 e. The average molecular weight is 494 g/mol. The van der Waals surface area contributed by atoms with Crippen LogP contribution >= 0.6 is 0 Å². The molecule has 36 heavy (non-hydrogen) atoms. The van der Waals surface area contributed by atoms with Gasteiger partial charge < -0.3 is 19.1 Å². The number of nitrogens with one attached hydrogen (secondary N) is 1. The summed E-state index contributed by atoms with van der Waals surface area (Å²) in [5.41, 5.74) is 3.58. The Morgan fingerprint density at radius 2 is 2.08 bits per heavy atom. The quantitative estimate of drug-likeness (QED) is 0.333. The molecule has 2 atom stereocenters. The van der Waals surface area contributed by atoms with Crippen molar-refractivity contribution in [3.05, 3.63) is 53.6 Å². The molecule has 190 valence electrons. The predicted molar refractivity (Wildman–Crippen MR) is 137 cm³/mol. The molecule has 2 aromatic heterocycles. The molecule has 1 fully saturated rings. The number of methoxy groups -OCH3 is 2. The Morgan fingerprint density at radius 1 is 1.31 bits per heavy atom. The fourth-order valence-corrected chi connectivity index (χ4v) is 6.00. The van der Waals surface area contributed by atoms with Crippen molar-refractivity contribution < 1.29 is 23.8 Å². The summed E-state index contributed by atoms with van der Waals surface area (Å²) in [5.74, 6) is -0.981. The number of rotatable bonds is 7. The number of fused-ring (bicyclic) bond motifs is 2. The number of aliphatic carboxylic acids is 1. The number of carboxylic acids is 1. The molecule has 1 aliphatic rings. The van der Waals surface area contributed by atoms with Gasteiger partial charge in [0.2, 0.25) is 0 Å². The van der Waals surface area contributed by atoms with Gasteiger partial charge in [-0.15, -0.1) is 0 Å². The molecule has 5 rings (SSSR count). The molecule has 1 aliphatic carbocycles. The Labute approximate surface area is 209 Å². The maximum atomic E-state index is 14.4. The first-order valence-corrected chi connectivity index (χ1v) is 12.2. The van der Waals surface area contributed by atoms with Crippen LogP contribution in [0.2, 0.25) is 0 Å². The maximum absolute atomic E-state index is 14.4. The van der Waals surface area contributed by atoms with E-state index in [2.05, 4.69) is 40.7 Å². The molecule has 1 saturated carbocycles. The molecule has 0 spiro atoms. The summed E-state index contributed by atoms with van der Waals surface area (Å²) < 4.78 is 27.6. The van der Waals surface area contributed by atoms with Crippen LogP contribution in [-0.2, 0) is 14.9 Å². The summed E-state index contributed by atoms with van der Waals surface area (Å²) in [6.45, 7) is 6.55. The molecule has 8 heteroatoms. The summed E-state index contributed by atoms with van der Waals surface area (Å²) in [4.78, 5) is 12.1. The van der Waals surface area contributed by atoms with Crippen molar-refractivity contribution in [2.24, 2.45) is 5.41 Å². The average Bonchev–Trinajstić information content (AvgIpc) is 3.53. The number of ether oxygens (including phenoxy) is 2. The van der Waals surface area contributed by atoms with E-state index in [1.54, 1.807) is 25.4 Å². The highest BCUT2D eigenvalue weighted by molar-refractivity contribution is 5.99. The van der Waals surface area contributed by atoms with Crippen LogP contribution in [0.1, 0.15) is 57.2 Å². The molecule has 4 aromatic rings. The van der Waals surface area contributed by atoms with E-state index >= 15 is 0 Å². The highest BCUT2D eigenvalue weighted by Gasteiger charge is 2.45. The third kappa shape index (κ3) is 3.75. The van der Waals surface area contributed by atoms with Gasteiger partial charge in [0.15, 0.2) is 11.6 Å². The van der Waals surface area contributed by atoms with E-state index in [4.69, 9.17) is 9.47 Å². The highest BCUT2D eigenvalue weighted by Crippen LogP contribution is 2.52. The van der Waals surface area contributed by atoms with Crippen molar-refractivity contribution in [1.82, 2.24) is 14.8 Å². The van der Waals surface area contributed by atoms with Gasteiger partial charge in [-0.25, -0.2) is 4.39 Å². The lowest BCUT2D eigenvalue weighted by molar-refractivity contribution is -0.147. The van der Waals surface area contributed by atoms with Gasteiger partial charge in [0.1, 0.15) is 0 Å². The predicted octanol–water partition coefficient (Wildman–Crippen LogP) is 5.94. The van der Waals surface area contributed by atoms with Gasteiger partial charge in [0.25, 0.3) is 0 Å². The second-order valence-electron chi connectivity index (χ2n) is 10.9. The number of hydrogen-bond acceptors (Lipinski definition) is 4. The number of benzene rings is 2. The Morgan fingerprint density at radius 3 is 2.75 bits per heavy atom. The van der Waals surface area contributed by atoms with E-state index in [9.17, 15) is 14.3 Å². The van der Waals surface area contributed by atoms with Gasteiger partial charge in [-0.1, -0.05) is 13.8 Å². The van der Waals surface area contributed by atoms with Crippen molar-refractivity contribution in [3.63, 3.8) is 0 Å². The van der Waals surface area contributed by atoms with Crippen LogP contribution < -0.4 is 4.74 Å². The lowest BCUT2D eigenvalue weighted by atomic mass is 9.80. The fraction of sp³-hybridized carbons (Fsp3) is 0.429. The van der Waals surface area contributed by atoms with Crippen molar-refractivity contribution in [3.8, 4) is 11.4 Å². The Balaban J connectivity index is 1.88. The molecule has 7 nitrogen and oxygen atoms in total. The molecule has 2 N–H and O–H groups in total. The van der Waals surface area contributed by atoms with E-state index in [1.165, 1.54) is 13.2 Å². The van der Waals surface area contributed by atoms with Crippen LogP contribution in [0.3, 0.4) is 0 Å². The summed E-state index contributed by atoms with van der Waals surface area (Å²) in [5, 5.41) is 19.2. The number of carboxylic acid groups (broad SMARTS) is 1. The zero-order valence-corrected chi connectivity index (χ0v) is 21.3. The van der Waals surface area contributed by atoms with E-state index in [1.807, 2.05) is 6.92 Å². The van der Waals surface area contributed by atoms with Crippen molar-refractivity contribution in [2.45, 2.75) is 51.4 Å². The Hall–Kier alpha value is -3.39. The van der Waals surface area contributed by atoms with Crippen LogP contribution in [0.5, 0.6) is 5.75 Å². The van der Waals surface area contributed by atoms with E-state index < -0.39 is 22.6 Å². The standard InChI is InChI=1S/C28H32FN3O4/c1-27(2,15-35-4)25-24(16-8-9-28(3,13-16)26(33)34)19-12-21-17(14-30-31-21)10-22(19)32(25)18-6-7-20(29)23(11-18)36-5/h6-7,10-12,14,16H,8-9,13,15H2,1-5H3,(H,30,31)(H,33,34)/t16-,28-/m1/s1. The molecule has 0 bridgehead atoms. The normalized spacial score (nSPS) is 20.4. The van der Waals surface area contributed by atoms with Gasteiger partial charge in [0.05, 0.1) is 36.4 Å². The summed E-state index contributed by atoms with van der Waals surface area (Å²) in [6.07, 6.45) is 3.71. The molecule has 0 radical (unpaired) electrons. The first-order valence-electron chi connectivity index (χ1n) is 12.2. The van der Waals surface area contributed by atoms with Crippen LogP contribution in [-0.4, -0.2) is 46.7 Å². The number of carbonyl (C=O) groups is 1. The first kappa shape index (κ1) is 24.3. The SMILES string of the molecule is COCC(C)(C)c1c([C@@H]2CC[C@@](C)(C(=O)O)C2)c2cc3[nH]ncc3cc2n1-c1ccc(F)c(OC)c1. The van der Waals surface area contributed by atoms with Crippen LogP contribution in [0.4, 0.5) is 4.39 Å². The number of H-pyrrole nitrogens is 1. The third-order valence-electron chi connectivity index (χ3n) is 7.77. The van der Waals surface area contributed by atoms with E-state index in [0.29, 0.717) is 19.4 Å². The second kappa shape index (κ2) is 8.62. The maximum Gasteiger partial charge on any atom is 0.309 e. The van der Waals surface area contributed by atoms with Gasteiger partial charge in [-0.3, -0.25) is 9.89 Å². The van der Waals surface area contributed by atoms with Gasteiger partial charge in [-0.05, 0) is 61.9 Å². The highest BCUT2D eigenvalue weighted by atomic mass is 19.1. The minimum Gasteiger partial charge on any atom is -0.494 e. The molecule has 2 heterocycles. The van der Waals surface area contributed by atoms with Gasteiger partial charge >= 0.3 is 5.97 Å². The third-order valence-corrected chi connectivity index (χ3v) is 7.77. The van der Waals surface area contributed by atoms with Crippen LogP contribution in [0.25, 0.3) is 27.5 Å². The van der Waals surface area contributed by atoms with Gasteiger partial charge in [0, 0.05) is 40.7 Å². The van der Waals surface area contributed by atoms with E-state index in [-0.39, 0.29) is 11.7 Å². The van der Waals surface area contributed by atoms with Crippen molar-refractivity contribution in [1.29, 1.82) is 0 Å². The zero-order chi connectivity index (χ0) is 25.8.